The van der Waals surface area contributed by atoms with Gasteiger partial charge >= 0.3 is 6.09 Å². The predicted octanol–water partition coefficient (Wildman–Crippen LogP) is 0.515. The minimum absolute atomic E-state index is 0. The van der Waals surface area contributed by atoms with Crippen LogP contribution in [-0.2, 0) is 4.74 Å². The van der Waals surface area contributed by atoms with Crippen molar-refractivity contribution in [3.8, 4) is 0 Å². The minimum atomic E-state index is -0.313. The molecule has 12 heavy (non-hydrogen) atoms. The van der Waals surface area contributed by atoms with Gasteiger partial charge in [0, 0.05) is 13.1 Å². The van der Waals surface area contributed by atoms with Crippen LogP contribution in [-0.4, -0.2) is 31.3 Å². The first kappa shape index (κ1) is 11.5. The highest BCUT2D eigenvalue weighted by atomic mass is 35.5. The Morgan fingerprint density at radius 3 is 2.50 bits per heavy atom. The molecule has 1 saturated heterocycles. The van der Waals surface area contributed by atoms with Crippen molar-refractivity contribution in [2.24, 2.45) is 0 Å². The lowest BCUT2D eigenvalue weighted by molar-refractivity contribution is 0.109. The maximum Gasteiger partial charge on any atom is 0.407 e. The Labute approximate surface area is 78.5 Å². The summed E-state index contributed by atoms with van der Waals surface area (Å²) in [6, 6.07) is 0.265. The van der Waals surface area contributed by atoms with Crippen LogP contribution in [0.15, 0.2) is 0 Å². The average molecular weight is 195 g/mol. The molecule has 0 aromatic heterocycles. The van der Waals surface area contributed by atoms with Crippen molar-refractivity contribution >= 4 is 18.5 Å². The summed E-state index contributed by atoms with van der Waals surface area (Å²) < 4.78 is 4.88. The third-order valence-electron chi connectivity index (χ3n) is 1.45. The molecule has 4 nitrogen and oxygen atoms in total. The van der Waals surface area contributed by atoms with Crippen molar-refractivity contribution in [3.05, 3.63) is 0 Å². The number of hydrogen-bond acceptors (Lipinski definition) is 3. The van der Waals surface area contributed by atoms with Crippen molar-refractivity contribution in [2.75, 3.05) is 13.1 Å². The largest absolute Gasteiger partial charge is 0.447 e. The Bertz CT molecular complexity index is 148. The van der Waals surface area contributed by atoms with Gasteiger partial charge in [-0.3, -0.25) is 0 Å². The quantitative estimate of drug-likeness (QED) is 0.674. The smallest absolute Gasteiger partial charge is 0.407 e. The zero-order valence-electron chi connectivity index (χ0n) is 7.29. The van der Waals surface area contributed by atoms with E-state index in [4.69, 9.17) is 4.74 Å². The van der Waals surface area contributed by atoms with Crippen LogP contribution in [0, 0.1) is 0 Å². The highest BCUT2D eigenvalue weighted by molar-refractivity contribution is 5.85. The van der Waals surface area contributed by atoms with Crippen LogP contribution in [0.4, 0.5) is 4.79 Å². The Morgan fingerprint density at radius 2 is 2.17 bits per heavy atom. The van der Waals surface area contributed by atoms with E-state index in [-0.39, 0.29) is 30.6 Å². The molecular weight excluding hydrogens is 180 g/mol. The Hall–Kier alpha value is -0.480. The average Bonchev–Trinajstić information content (AvgIpc) is 1.77. The molecule has 0 atom stereocenters. The first-order chi connectivity index (χ1) is 5.18. The lowest BCUT2D eigenvalue weighted by Gasteiger charge is -2.27. The van der Waals surface area contributed by atoms with Gasteiger partial charge in [0.25, 0.3) is 0 Å². The van der Waals surface area contributed by atoms with Crippen molar-refractivity contribution < 1.29 is 9.53 Å². The maximum atomic E-state index is 10.9. The number of amides is 1. The second-order valence-corrected chi connectivity index (χ2v) is 2.95. The zero-order valence-corrected chi connectivity index (χ0v) is 8.11. The number of alkyl carbamates (subject to hydrolysis) is 1. The molecule has 0 saturated carbocycles. The van der Waals surface area contributed by atoms with Crippen molar-refractivity contribution in [3.63, 3.8) is 0 Å². The number of hydrogen-bond donors (Lipinski definition) is 2. The summed E-state index contributed by atoms with van der Waals surface area (Å²) in [4.78, 5) is 10.9. The van der Waals surface area contributed by atoms with Gasteiger partial charge in [-0.1, -0.05) is 0 Å². The van der Waals surface area contributed by atoms with Crippen LogP contribution in [0.2, 0.25) is 0 Å². The molecule has 72 valence electrons. The molecule has 0 radical (unpaired) electrons. The predicted molar refractivity (Wildman–Crippen MR) is 48.7 cm³/mol. The number of carbonyl (C=O) groups excluding carboxylic acids is 1. The zero-order chi connectivity index (χ0) is 8.27. The fourth-order valence-corrected chi connectivity index (χ4v) is 0.806. The van der Waals surface area contributed by atoms with Crippen molar-refractivity contribution in [2.45, 2.75) is 26.0 Å². The summed E-state index contributed by atoms with van der Waals surface area (Å²) in [5.74, 6) is 0. The number of carbonyl (C=O) groups is 1. The molecule has 1 aliphatic rings. The molecule has 1 amide bonds. The summed E-state index contributed by atoms with van der Waals surface area (Å²) in [6.45, 7) is 5.37. The van der Waals surface area contributed by atoms with Crippen molar-refractivity contribution in [1.82, 2.24) is 10.6 Å². The summed E-state index contributed by atoms with van der Waals surface area (Å²) in [5.41, 5.74) is 0. The fraction of sp³-hybridized carbons (Fsp3) is 0.857. The number of halogens is 1. The van der Waals surface area contributed by atoms with Crippen LogP contribution in [0.1, 0.15) is 13.8 Å². The Kier molecular flexibility index (Phi) is 5.01. The molecule has 1 fully saturated rings. The minimum Gasteiger partial charge on any atom is -0.447 e. The molecule has 0 aromatic carbocycles. The van der Waals surface area contributed by atoms with Gasteiger partial charge in [-0.2, -0.15) is 0 Å². The van der Waals surface area contributed by atoms with Crippen LogP contribution >= 0.6 is 12.4 Å². The highest BCUT2D eigenvalue weighted by Gasteiger charge is 2.19. The van der Waals surface area contributed by atoms with Crippen LogP contribution in [0.5, 0.6) is 0 Å². The lowest BCUT2D eigenvalue weighted by Crippen LogP contribution is -2.57. The first-order valence-corrected chi connectivity index (χ1v) is 3.86. The summed E-state index contributed by atoms with van der Waals surface area (Å²) in [6.07, 6.45) is -0.352. The SMILES string of the molecule is CC(C)OC(=O)NC1CNC1.Cl. The van der Waals surface area contributed by atoms with Gasteiger partial charge in [-0.15, -0.1) is 12.4 Å². The van der Waals surface area contributed by atoms with Gasteiger partial charge in [0.2, 0.25) is 0 Å². The second-order valence-electron chi connectivity index (χ2n) is 2.95. The molecule has 0 bridgehead atoms. The fourth-order valence-electron chi connectivity index (χ4n) is 0.806. The van der Waals surface area contributed by atoms with Gasteiger partial charge in [0.05, 0.1) is 12.1 Å². The molecule has 5 heteroatoms. The summed E-state index contributed by atoms with van der Waals surface area (Å²) in [7, 11) is 0. The van der Waals surface area contributed by atoms with E-state index in [9.17, 15) is 4.79 Å². The number of rotatable bonds is 2. The molecule has 0 spiro atoms. The third kappa shape index (κ3) is 3.78. The normalized spacial score (nSPS) is 16.2. The summed E-state index contributed by atoms with van der Waals surface area (Å²) >= 11 is 0. The van der Waals surface area contributed by atoms with E-state index >= 15 is 0 Å². The van der Waals surface area contributed by atoms with Gasteiger partial charge in [-0.25, -0.2) is 4.79 Å². The highest BCUT2D eigenvalue weighted by Crippen LogP contribution is 1.93. The lowest BCUT2D eigenvalue weighted by atomic mass is 10.2. The van der Waals surface area contributed by atoms with Crippen LogP contribution in [0.25, 0.3) is 0 Å². The van der Waals surface area contributed by atoms with E-state index < -0.39 is 0 Å². The molecule has 2 N–H and O–H groups in total. The standard InChI is InChI=1S/C7H14N2O2.ClH/c1-5(2)11-7(10)9-6-3-8-4-6;/h5-6,8H,3-4H2,1-2H3,(H,9,10);1H. The molecule has 1 heterocycles. The Morgan fingerprint density at radius 1 is 1.58 bits per heavy atom. The van der Waals surface area contributed by atoms with E-state index in [0.717, 1.165) is 13.1 Å². The van der Waals surface area contributed by atoms with E-state index in [1.54, 1.807) is 0 Å². The van der Waals surface area contributed by atoms with E-state index in [2.05, 4.69) is 10.6 Å². The van der Waals surface area contributed by atoms with Crippen LogP contribution in [0.3, 0.4) is 0 Å². The molecule has 1 aliphatic heterocycles. The van der Waals surface area contributed by atoms with Crippen molar-refractivity contribution in [1.29, 1.82) is 0 Å². The summed E-state index contributed by atoms with van der Waals surface area (Å²) in [5, 5.41) is 5.77. The first-order valence-electron chi connectivity index (χ1n) is 3.86. The Balaban J connectivity index is 0.00000121. The molecule has 1 rings (SSSR count). The van der Waals surface area contributed by atoms with E-state index in [0.29, 0.717) is 0 Å². The van der Waals surface area contributed by atoms with Gasteiger partial charge in [0.15, 0.2) is 0 Å². The second kappa shape index (κ2) is 5.22. The van der Waals surface area contributed by atoms with Crippen LogP contribution < -0.4 is 10.6 Å². The molecule has 0 aliphatic carbocycles. The molecule has 0 unspecified atom stereocenters. The van der Waals surface area contributed by atoms with Gasteiger partial charge < -0.3 is 15.4 Å². The number of nitrogens with one attached hydrogen (secondary N) is 2. The molecular formula is C7H15ClN2O2. The maximum absolute atomic E-state index is 10.9. The van der Waals surface area contributed by atoms with Gasteiger partial charge in [-0.05, 0) is 13.8 Å². The van der Waals surface area contributed by atoms with Gasteiger partial charge in [0.1, 0.15) is 0 Å². The van der Waals surface area contributed by atoms with E-state index in [1.807, 2.05) is 13.8 Å². The van der Waals surface area contributed by atoms with E-state index in [1.165, 1.54) is 0 Å². The third-order valence-corrected chi connectivity index (χ3v) is 1.45. The molecule has 0 aromatic rings. The number of ether oxygens (including phenoxy) is 1. The topological polar surface area (TPSA) is 50.4 Å². The monoisotopic (exact) mass is 194 g/mol.